The van der Waals surface area contributed by atoms with E-state index in [0.717, 1.165) is 24.2 Å². The van der Waals surface area contributed by atoms with E-state index in [9.17, 15) is 10.1 Å². The van der Waals surface area contributed by atoms with E-state index in [1.807, 2.05) is 0 Å². The molecular weight excluding hydrogens is 256 g/mol. The smallest absolute Gasteiger partial charge is 0.277 e. The summed E-state index contributed by atoms with van der Waals surface area (Å²) in [5, 5.41) is 12.5. The van der Waals surface area contributed by atoms with E-state index in [4.69, 9.17) is 5.73 Å². The number of benzene rings is 1. The number of rotatable bonds is 2. The van der Waals surface area contributed by atoms with Crippen LogP contribution in [-0.2, 0) is 0 Å². The molecule has 0 aliphatic carbocycles. The normalized spacial score (nSPS) is 22.4. The molecule has 0 saturated carbocycles. The molecule has 6 heteroatoms. The van der Waals surface area contributed by atoms with Gasteiger partial charge in [-0.1, -0.05) is 6.92 Å². The number of pyridine rings is 1. The number of hydrogen-bond acceptors (Lipinski definition) is 5. The van der Waals surface area contributed by atoms with Gasteiger partial charge in [0.15, 0.2) is 0 Å². The Morgan fingerprint density at radius 2 is 2.15 bits per heavy atom. The van der Waals surface area contributed by atoms with Crippen molar-refractivity contribution in [2.45, 2.75) is 13.0 Å². The van der Waals surface area contributed by atoms with Crippen molar-refractivity contribution in [3.05, 3.63) is 40.7 Å². The van der Waals surface area contributed by atoms with E-state index in [1.54, 1.807) is 30.6 Å². The van der Waals surface area contributed by atoms with E-state index in [2.05, 4.69) is 16.8 Å². The van der Waals surface area contributed by atoms with Crippen LogP contribution in [0.4, 0.5) is 11.4 Å². The Morgan fingerprint density at radius 3 is 2.80 bits per heavy atom. The Kier molecular flexibility index (Phi) is 3.02. The molecule has 1 aliphatic rings. The first kappa shape index (κ1) is 12.8. The van der Waals surface area contributed by atoms with Crippen LogP contribution in [-0.4, -0.2) is 29.0 Å². The molecule has 2 atom stereocenters. The fourth-order valence-corrected chi connectivity index (χ4v) is 2.78. The van der Waals surface area contributed by atoms with E-state index in [1.165, 1.54) is 0 Å². The fraction of sp³-hybridized carbons (Fsp3) is 0.357. The number of nitro benzene ring substituents is 1. The fourth-order valence-electron chi connectivity index (χ4n) is 2.78. The average Bonchev–Trinajstić information content (AvgIpc) is 2.77. The zero-order valence-electron chi connectivity index (χ0n) is 11.2. The van der Waals surface area contributed by atoms with Crippen molar-refractivity contribution in [2.24, 2.45) is 11.7 Å². The number of nitrogens with two attached hydrogens (primary N) is 1. The quantitative estimate of drug-likeness (QED) is 0.667. The molecule has 0 bridgehead atoms. The maximum absolute atomic E-state index is 11.1. The van der Waals surface area contributed by atoms with Crippen LogP contribution < -0.4 is 10.6 Å². The second-order valence-electron chi connectivity index (χ2n) is 5.33. The highest BCUT2D eigenvalue weighted by molar-refractivity contribution is 5.99. The van der Waals surface area contributed by atoms with Gasteiger partial charge in [0.25, 0.3) is 5.69 Å². The summed E-state index contributed by atoms with van der Waals surface area (Å²) in [4.78, 5) is 17.0. The van der Waals surface area contributed by atoms with Crippen molar-refractivity contribution in [3.63, 3.8) is 0 Å². The maximum Gasteiger partial charge on any atom is 0.277 e. The molecule has 0 radical (unpaired) electrons. The second-order valence-corrected chi connectivity index (χ2v) is 5.33. The topological polar surface area (TPSA) is 85.3 Å². The van der Waals surface area contributed by atoms with Crippen molar-refractivity contribution in [1.82, 2.24) is 4.98 Å². The molecule has 0 spiro atoms. The molecule has 2 N–H and O–H groups in total. The predicted molar refractivity (Wildman–Crippen MR) is 77.7 cm³/mol. The third-order valence-corrected chi connectivity index (χ3v) is 3.98. The Balaban J connectivity index is 2.14. The molecule has 6 nitrogen and oxygen atoms in total. The number of aromatic nitrogens is 1. The Hall–Kier alpha value is -2.21. The Morgan fingerprint density at radius 1 is 1.35 bits per heavy atom. The first-order valence-electron chi connectivity index (χ1n) is 6.59. The molecule has 1 aromatic heterocycles. The van der Waals surface area contributed by atoms with Crippen LogP contribution in [0.5, 0.6) is 0 Å². The average molecular weight is 272 g/mol. The summed E-state index contributed by atoms with van der Waals surface area (Å²) in [7, 11) is 0. The second kappa shape index (κ2) is 4.72. The summed E-state index contributed by atoms with van der Waals surface area (Å²) < 4.78 is 0. The number of nitro groups is 1. The van der Waals surface area contributed by atoms with Gasteiger partial charge in [0.05, 0.1) is 10.3 Å². The summed E-state index contributed by atoms with van der Waals surface area (Å²) in [5.74, 6) is 0.414. The highest BCUT2D eigenvalue weighted by Crippen LogP contribution is 2.34. The predicted octanol–water partition coefficient (Wildman–Crippen LogP) is 1.93. The van der Waals surface area contributed by atoms with Gasteiger partial charge in [0.2, 0.25) is 0 Å². The van der Waals surface area contributed by atoms with Crippen molar-refractivity contribution >= 4 is 22.1 Å². The van der Waals surface area contributed by atoms with Gasteiger partial charge in [-0.05, 0) is 18.1 Å². The SMILES string of the molecule is CC1CN(c2ccc([N+](=O)[O-])c3ccncc23)CC1N. The van der Waals surface area contributed by atoms with Gasteiger partial charge >= 0.3 is 0 Å². The molecular formula is C14H16N4O2. The molecule has 3 rings (SSSR count). The molecule has 1 fully saturated rings. The van der Waals surface area contributed by atoms with Gasteiger partial charge in [-0.3, -0.25) is 15.1 Å². The first-order chi connectivity index (χ1) is 9.58. The lowest BCUT2D eigenvalue weighted by atomic mass is 10.1. The van der Waals surface area contributed by atoms with Crippen molar-refractivity contribution in [2.75, 3.05) is 18.0 Å². The lowest BCUT2D eigenvalue weighted by Crippen LogP contribution is -2.28. The largest absolute Gasteiger partial charge is 0.369 e. The molecule has 1 aliphatic heterocycles. The summed E-state index contributed by atoms with van der Waals surface area (Å²) in [6.45, 7) is 3.75. The molecule has 0 amide bonds. The van der Waals surface area contributed by atoms with Gasteiger partial charge in [0, 0.05) is 48.7 Å². The van der Waals surface area contributed by atoms with Gasteiger partial charge in [-0.15, -0.1) is 0 Å². The third kappa shape index (κ3) is 1.98. The molecule has 1 aromatic carbocycles. The molecule has 2 unspecified atom stereocenters. The molecule has 1 saturated heterocycles. The lowest BCUT2D eigenvalue weighted by molar-refractivity contribution is -0.383. The number of non-ortho nitro benzene ring substituents is 1. The molecule has 2 aromatic rings. The van der Waals surface area contributed by atoms with Crippen LogP contribution in [0.25, 0.3) is 10.8 Å². The lowest BCUT2D eigenvalue weighted by Gasteiger charge is -2.20. The molecule has 20 heavy (non-hydrogen) atoms. The highest BCUT2D eigenvalue weighted by Gasteiger charge is 2.28. The van der Waals surface area contributed by atoms with Crippen LogP contribution in [0.2, 0.25) is 0 Å². The minimum absolute atomic E-state index is 0.114. The third-order valence-electron chi connectivity index (χ3n) is 3.98. The van der Waals surface area contributed by atoms with Crippen LogP contribution in [0.15, 0.2) is 30.6 Å². The van der Waals surface area contributed by atoms with Gasteiger partial charge in [0.1, 0.15) is 0 Å². The minimum atomic E-state index is -0.357. The number of nitrogens with zero attached hydrogens (tertiary/aromatic N) is 3. The van der Waals surface area contributed by atoms with E-state index in [-0.39, 0.29) is 16.7 Å². The Bertz CT molecular complexity index is 663. The first-order valence-corrected chi connectivity index (χ1v) is 6.59. The van der Waals surface area contributed by atoms with Crippen LogP contribution in [0, 0.1) is 16.0 Å². The van der Waals surface area contributed by atoms with Crippen molar-refractivity contribution in [3.8, 4) is 0 Å². The summed E-state index contributed by atoms with van der Waals surface area (Å²) >= 11 is 0. The number of anilines is 1. The zero-order valence-corrected chi connectivity index (χ0v) is 11.2. The number of hydrogen-bond donors (Lipinski definition) is 1. The van der Waals surface area contributed by atoms with Crippen molar-refractivity contribution < 1.29 is 4.92 Å². The van der Waals surface area contributed by atoms with Crippen LogP contribution >= 0.6 is 0 Å². The van der Waals surface area contributed by atoms with E-state index < -0.39 is 0 Å². The summed E-state index contributed by atoms with van der Waals surface area (Å²) in [6, 6.07) is 5.19. The molecule has 2 heterocycles. The maximum atomic E-state index is 11.1. The Labute approximate surface area is 116 Å². The van der Waals surface area contributed by atoms with Gasteiger partial charge in [-0.25, -0.2) is 0 Å². The monoisotopic (exact) mass is 272 g/mol. The highest BCUT2D eigenvalue weighted by atomic mass is 16.6. The van der Waals surface area contributed by atoms with E-state index in [0.29, 0.717) is 11.3 Å². The summed E-state index contributed by atoms with van der Waals surface area (Å²) in [6.07, 6.45) is 3.27. The standard InChI is InChI=1S/C14H16N4O2/c1-9-7-17(8-12(9)15)13-2-3-14(18(19)20)10-4-5-16-6-11(10)13/h2-6,9,12H,7-8,15H2,1H3. The van der Waals surface area contributed by atoms with Gasteiger partial charge < -0.3 is 10.6 Å². The van der Waals surface area contributed by atoms with Crippen molar-refractivity contribution in [1.29, 1.82) is 0 Å². The minimum Gasteiger partial charge on any atom is -0.369 e. The zero-order chi connectivity index (χ0) is 14.3. The summed E-state index contributed by atoms with van der Waals surface area (Å²) in [5.41, 5.74) is 7.15. The van der Waals surface area contributed by atoms with Gasteiger partial charge in [-0.2, -0.15) is 0 Å². The molecule has 104 valence electrons. The van der Waals surface area contributed by atoms with E-state index >= 15 is 0 Å². The van der Waals surface area contributed by atoms with Crippen LogP contribution in [0.3, 0.4) is 0 Å². The number of fused-ring (bicyclic) bond motifs is 1. The van der Waals surface area contributed by atoms with Crippen LogP contribution in [0.1, 0.15) is 6.92 Å².